The van der Waals surface area contributed by atoms with E-state index in [1.807, 2.05) is 25.7 Å². The molecule has 0 aliphatic carbocycles. The van der Waals surface area contributed by atoms with E-state index in [9.17, 15) is 4.79 Å². The highest BCUT2D eigenvalue weighted by molar-refractivity contribution is 5.68. The first-order valence-electron chi connectivity index (χ1n) is 8.60. The Kier molecular flexibility index (Phi) is 7.50. The summed E-state index contributed by atoms with van der Waals surface area (Å²) in [6.45, 7) is 12.1. The summed E-state index contributed by atoms with van der Waals surface area (Å²) in [5, 5.41) is 3.63. The molecule has 0 spiro atoms. The molecule has 4 heteroatoms. The van der Waals surface area contributed by atoms with E-state index < -0.39 is 5.60 Å². The Morgan fingerprint density at radius 3 is 2.67 bits per heavy atom. The van der Waals surface area contributed by atoms with Gasteiger partial charge in [-0.15, -0.1) is 0 Å². The molecule has 0 saturated carbocycles. The lowest BCUT2D eigenvalue weighted by molar-refractivity contribution is 0.0220. The fourth-order valence-electron chi connectivity index (χ4n) is 2.95. The molecule has 1 heterocycles. The number of hydrogen-bond acceptors (Lipinski definition) is 3. The second-order valence-electron chi connectivity index (χ2n) is 7.11. The lowest BCUT2D eigenvalue weighted by Gasteiger charge is -2.29. The average molecular weight is 298 g/mol. The maximum atomic E-state index is 12.2. The van der Waals surface area contributed by atoms with E-state index in [4.69, 9.17) is 4.74 Å². The van der Waals surface area contributed by atoms with Gasteiger partial charge in [-0.3, -0.25) is 0 Å². The first-order valence-corrected chi connectivity index (χ1v) is 8.60. The van der Waals surface area contributed by atoms with Gasteiger partial charge in [0.25, 0.3) is 0 Å². The highest BCUT2D eigenvalue weighted by atomic mass is 16.6. The van der Waals surface area contributed by atoms with Crippen LogP contribution in [0.1, 0.15) is 73.1 Å². The summed E-state index contributed by atoms with van der Waals surface area (Å²) in [6.07, 6.45) is 6.70. The minimum atomic E-state index is -0.406. The van der Waals surface area contributed by atoms with Crippen LogP contribution < -0.4 is 5.32 Å². The zero-order chi connectivity index (χ0) is 15.9. The monoisotopic (exact) mass is 298 g/mol. The summed E-state index contributed by atoms with van der Waals surface area (Å²) in [6, 6.07) is 0.956. The normalized spacial score (nSPS) is 20.6. The molecule has 0 aromatic carbocycles. The molecule has 1 rings (SSSR count). The first kappa shape index (κ1) is 18.3. The molecule has 124 valence electrons. The van der Waals surface area contributed by atoms with E-state index in [0.29, 0.717) is 12.1 Å². The maximum absolute atomic E-state index is 12.2. The second-order valence-corrected chi connectivity index (χ2v) is 7.11. The Morgan fingerprint density at radius 1 is 1.38 bits per heavy atom. The number of carbonyl (C=O) groups excluding carboxylic acids is 1. The lowest BCUT2D eigenvalue weighted by Crippen LogP contribution is -2.41. The van der Waals surface area contributed by atoms with Crippen molar-refractivity contribution >= 4 is 6.09 Å². The highest BCUT2D eigenvalue weighted by Crippen LogP contribution is 2.22. The molecular formula is C17H34N2O2. The zero-order valence-corrected chi connectivity index (χ0v) is 14.6. The third kappa shape index (κ3) is 6.68. The third-order valence-electron chi connectivity index (χ3n) is 4.05. The van der Waals surface area contributed by atoms with Crippen LogP contribution >= 0.6 is 0 Å². The van der Waals surface area contributed by atoms with Gasteiger partial charge in [0.05, 0.1) is 0 Å². The molecule has 1 N–H and O–H groups in total. The predicted octanol–water partition coefficient (Wildman–Crippen LogP) is 3.94. The lowest BCUT2D eigenvalue weighted by atomic mass is 10.1. The number of hydrogen-bond donors (Lipinski definition) is 1. The van der Waals surface area contributed by atoms with Crippen LogP contribution in [0.3, 0.4) is 0 Å². The van der Waals surface area contributed by atoms with Crippen molar-refractivity contribution in [1.29, 1.82) is 0 Å². The Morgan fingerprint density at radius 2 is 2.10 bits per heavy atom. The zero-order valence-electron chi connectivity index (χ0n) is 14.6. The average Bonchev–Trinajstić information content (AvgIpc) is 2.84. The molecule has 1 fully saturated rings. The SMILES string of the molecule is CCCC(CC)NCCC1CCCN1C(=O)OC(C)(C)C. The van der Waals surface area contributed by atoms with Gasteiger partial charge in [0.2, 0.25) is 0 Å². The smallest absolute Gasteiger partial charge is 0.410 e. The summed E-state index contributed by atoms with van der Waals surface area (Å²) >= 11 is 0. The number of rotatable bonds is 7. The quantitative estimate of drug-likeness (QED) is 0.774. The Hall–Kier alpha value is -0.770. The van der Waals surface area contributed by atoms with E-state index in [2.05, 4.69) is 19.2 Å². The number of nitrogens with one attached hydrogen (secondary N) is 1. The van der Waals surface area contributed by atoms with Crippen molar-refractivity contribution in [3.8, 4) is 0 Å². The molecule has 1 saturated heterocycles. The Labute approximate surface area is 130 Å². The number of nitrogens with zero attached hydrogens (tertiary/aromatic N) is 1. The standard InChI is InChI=1S/C17H34N2O2/c1-6-9-14(7-2)18-12-11-15-10-8-13-19(15)16(20)21-17(3,4)5/h14-15,18H,6-13H2,1-5H3. The van der Waals surface area contributed by atoms with Crippen molar-refractivity contribution in [1.82, 2.24) is 10.2 Å². The number of amides is 1. The molecule has 0 aromatic rings. The van der Waals surface area contributed by atoms with Crippen molar-refractivity contribution in [2.24, 2.45) is 0 Å². The van der Waals surface area contributed by atoms with Gasteiger partial charge in [-0.05, 0) is 59.4 Å². The largest absolute Gasteiger partial charge is 0.444 e. The van der Waals surface area contributed by atoms with Gasteiger partial charge in [0.15, 0.2) is 0 Å². The minimum Gasteiger partial charge on any atom is -0.444 e. The number of likely N-dealkylation sites (tertiary alicyclic amines) is 1. The third-order valence-corrected chi connectivity index (χ3v) is 4.05. The fourth-order valence-corrected chi connectivity index (χ4v) is 2.95. The van der Waals surface area contributed by atoms with E-state index in [1.54, 1.807) is 0 Å². The molecule has 1 amide bonds. The number of ether oxygens (including phenoxy) is 1. The van der Waals surface area contributed by atoms with Gasteiger partial charge < -0.3 is 15.0 Å². The van der Waals surface area contributed by atoms with Crippen LogP contribution in [0.5, 0.6) is 0 Å². The molecule has 1 aliphatic heterocycles. The first-order chi connectivity index (χ1) is 9.87. The fraction of sp³-hybridized carbons (Fsp3) is 0.941. The molecule has 0 radical (unpaired) electrons. The van der Waals surface area contributed by atoms with Crippen LogP contribution in [0.25, 0.3) is 0 Å². The van der Waals surface area contributed by atoms with Crippen molar-refractivity contribution in [2.75, 3.05) is 13.1 Å². The van der Waals surface area contributed by atoms with E-state index in [-0.39, 0.29) is 6.09 Å². The highest BCUT2D eigenvalue weighted by Gasteiger charge is 2.31. The Bertz CT molecular complexity index is 312. The summed E-state index contributed by atoms with van der Waals surface area (Å²) in [7, 11) is 0. The molecule has 2 atom stereocenters. The predicted molar refractivity (Wildman–Crippen MR) is 87.6 cm³/mol. The molecule has 0 aromatic heterocycles. The minimum absolute atomic E-state index is 0.148. The van der Waals surface area contributed by atoms with Crippen molar-refractivity contribution in [2.45, 2.75) is 90.8 Å². The molecule has 1 aliphatic rings. The molecule has 4 nitrogen and oxygen atoms in total. The van der Waals surface area contributed by atoms with Gasteiger partial charge in [0, 0.05) is 18.6 Å². The van der Waals surface area contributed by atoms with Crippen molar-refractivity contribution in [3.63, 3.8) is 0 Å². The molecule has 2 unspecified atom stereocenters. The van der Waals surface area contributed by atoms with Crippen LogP contribution in [0.4, 0.5) is 4.79 Å². The number of carbonyl (C=O) groups is 1. The van der Waals surface area contributed by atoms with Crippen molar-refractivity contribution in [3.05, 3.63) is 0 Å². The van der Waals surface area contributed by atoms with Crippen molar-refractivity contribution < 1.29 is 9.53 Å². The van der Waals surface area contributed by atoms with Gasteiger partial charge in [-0.1, -0.05) is 20.3 Å². The van der Waals surface area contributed by atoms with Crippen LogP contribution in [0.2, 0.25) is 0 Å². The Balaban J connectivity index is 2.38. The summed E-state index contributed by atoms with van der Waals surface area (Å²) in [5.74, 6) is 0. The second kappa shape index (κ2) is 8.62. The van der Waals surface area contributed by atoms with Crippen LogP contribution in [-0.2, 0) is 4.74 Å². The summed E-state index contributed by atoms with van der Waals surface area (Å²) in [4.78, 5) is 14.1. The van der Waals surface area contributed by atoms with Gasteiger partial charge >= 0.3 is 6.09 Å². The van der Waals surface area contributed by atoms with Gasteiger partial charge in [0.1, 0.15) is 5.60 Å². The van der Waals surface area contributed by atoms with Gasteiger partial charge in [-0.2, -0.15) is 0 Å². The van der Waals surface area contributed by atoms with Crippen LogP contribution in [-0.4, -0.2) is 41.8 Å². The maximum Gasteiger partial charge on any atom is 0.410 e. The summed E-state index contributed by atoms with van der Waals surface area (Å²) < 4.78 is 5.51. The molecular weight excluding hydrogens is 264 g/mol. The van der Waals surface area contributed by atoms with Gasteiger partial charge in [-0.25, -0.2) is 4.79 Å². The molecule has 21 heavy (non-hydrogen) atoms. The van der Waals surface area contributed by atoms with Crippen LogP contribution in [0.15, 0.2) is 0 Å². The van der Waals surface area contributed by atoms with E-state index in [1.165, 1.54) is 19.3 Å². The van der Waals surface area contributed by atoms with E-state index >= 15 is 0 Å². The molecule has 0 bridgehead atoms. The topological polar surface area (TPSA) is 41.6 Å². The van der Waals surface area contributed by atoms with Crippen LogP contribution in [0, 0.1) is 0 Å². The van der Waals surface area contributed by atoms with E-state index in [0.717, 1.165) is 32.4 Å². The summed E-state index contributed by atoms with van der Waals surface area (Å²) in [5.41, 5.74) is -0.406.